The molecule has 0 unspecified atom stereocenters. The molecule has 4 amide bonds. The summed E-state index contributed by atoms with van der Waals surface area (Å²) in [6, 6.07) is 12.7. The number of imide groups is 1. The summed E-state index contributed by atoms with van der Waals surface area (Å²) in [5, 5.41) is 4.85. The van der Waals surface area contributed by atoms with Crippen LogP contribution in [0.5, 0.6) is 0 Å². The number of amides is 4. The maximum Gasteiger partial charge on any atom is 0.329 e. The number of anilines is 2. The SMILES string of the molecule is O=C(CN1C(=O)NC(=Cc2ccc(N3CCCC3)cc2)C1=O)Nc1ccccc1F. The Morgan fingerprint density at radius 1 is 1.07 bits per heavy atom. The largest absolute Gasteiger partial charge is 0.372 e. The second-order valence-electron chi connectivity index (χ2n) is 7.19. The van der Waals surface area contributed by atoms with E-state index in [9.17, 15) is 18.8 Å². The topological polar surface area (TPSA) is 81.8 Å². The molecular formula is C22H21FN4O3. The molecule has 2 aromatic carbocycles. The molecule has 2 aliphatic rings. The first-order chi connectivity index (χ1) is 14.5. The lowest BCUT2D eigenvalue weighted by molar-refractivity contribution is -0.127. The van der Waals surface area contributed by atoms with Crippen molar-refractivity contribution in [3.8, 4) is 0 Å². The van der Waals surface area contributed by atoms with Gasteiger partial charge in [0.15, 0.2) is 0 Å². The fourth-order valence-corrected chi connectivity index (χ4v) is 3.53. The molecule has 2 heterocycles. The van der Waals surface area contributed by atoms with E-state index in [2.05, 4.69) is 15.5 Å². The van der Waals surface area contributed by atoms with Gasteiger partial charge in [0.05, 0.1) is 5.69 Å². The van der Waals surface area contributed by atoms with Crippen LogP contribution < -0.4 is 15.5 Å². The van der Waals surface area contributed by atoms with Gasteiger partial charge < -0.3 is 15.5 Å². The molecule has 0 atom stereocenters. The first-order valence-electron chi connectivity index (χ1n) is 9.75. The number of carbonyl (C=O) groups is 3. The standard InChI is InChI=1S/C22H21FN4O3/c23-17-5-1-2-6-18(17)24-20(28)14-27-21(29)19(25-22(27)30)13-15-7-9-16(10-8-15)26-11-3-4-12-26/h1-2,5-10,13H,3-4,11-12,14H2,(H,24,28)(H,25,30). The molecule has 0 radical (unpaired) electrons. The summed E-state index contributed by atoms with van der Waals surface area (Å²) >= 11 is 0. The average Bonchev–Trinajstić information content (AvgIpc) is 3.35. The van der Waals surface area contributed by atoms with E-state index in [4.69, 9.17) is 0 Å². The Morgan fingerprint density at radius 3 is 2.47 bits per heavy atom. The zero-order valence-corrected chi connectivity index (χ0v) is 16.2. The van der Waals surface area contributed by atoms with E-state index in [0.29, 0.717) is 0 Å². The molecule has 2 aliphatic heterocycles. The molecule has 154 valence electrons. The zero-order valence-electron chi connectivity index (χ0n) is 16.2. The highest BCUT2D eigenvalue weighted by Crippen LogP contribution is 2.22. The van der Waals surface area contributed by atoms with E-state index in [0.717, 1.165) is 29.2 Å². The molecule has 7 nitrogen and oxygen atoms in total. The van der Waals surface area contributed by atoms with Gasteiger partial charge in [-0.25, -0.2) is 14.1 Å². The number of nitrogens with one attached hydrogen (secondary N) is 2. The zero-order chi connectivity index (χ0) is 21.1. The minimum atomic E-state index is -0.691. The maximum absolute atomic E-state index is 13.7. The summed E-state index contributed by atoms with van der Waals surface area (Å²) < 4.78 is 13.7. The van der Waals surface area contributed by atoms with E-state index in [1.165, 1.54) is 31.0 Å². The van der Waals surface area contributed by atoms with E-state index >= 15 is 0 Å². The lowest BCUT2D eigenvalue weighted by atomic mass is 10.1. The first-order valence-corrected chi connectivity index (χ1v) is 9.75. The highest BCUT2D eigenvalue weighted by molar-refractivity contribution is 6.15. The second kappa shape index (κ2) is 8.36. The molecule has 0 spiro atoms. The quantitative estimate of drug-likeness (QED) is 0.589. The van der Waals surface area contributed by atoms with Crippen LogP contribution in [0.1, 0.15) is 18.4 Å². The van der Waals surface area contributed by atoms with Crippen molar-refractivity contribution < 1.29 is 18.8 Å². The van der Waals surface area contributed by atoms with Crippen LogP contribution in [0.2, 0.25) is 0 Å². The predicted molar refractivity (Wildman–Crippen MR) is 111 cm³/mol. The van der Waals surface area contributed by atoms with Crippen LogP contribution in [0.15, 0.2) is 54.2 Å². The molecular weight excluding hydrogens is 387 g/mol. The van der Waals surface area contributed by atoms with Crippen LogP contribution in [0.4, 0.5) is 20.6 Å². The highest BCUT2D eigenvalue weighted by atomic mass is 19.1. The molecule has 2 saturated heterocycles. The van der Waals surface area contributed by atoms with Crippen LogP contribution in [0.3, 0.4) is 0 Å². The first kappa shape index (κ1) is 19.6. The number of hydrogen-bond donors (Lipinski definition) is 2. The van der Waals surface area contributed by atoms with Crippen molar-refractivity contribution in [1.29, 1.82) is 0 Å². The molecule has 0 aromatic heterocycles. The Bertz CT molecular complexity index is 1010. The molecule has 2 fully saturated rings. The third kappa shape index (κ3) is 4.17. The number of urea groups is 1. The number of para-hydroxylation sites is 1. The van der Waals surface area contributed by atoms with E-state index in [-0.39, 0.29) is 11.4 Å². The number of hydrogen-bond acceptors (Lipinski definition) is 4. The molecule has 30 heavy (non-hydrogen) atoms. The molecule has 0 aliphatic carbocycles. The molecule has 4 rings (SSSR count). The fourth-order valence-electron chi connectivity index (χ4n) is 3.53. The minimum Gasteiger partial charge on any atom is -0.372 e. The van der Waals surface area contributed by atoms with E-state index in [1.54, 1.807) is 12.1 Å². The Hall–Kier alpha value is -3.68. The number of nitrogens with zero attached hydrogens (tertiary/aromatic N) is 2. The minimum absolute atomic E-state index is 0.0107. The third-order valence-corrected chi connectivity index (χ3v) is 5.09. The van der Waals surface area contributed by atoms with Crippen molar-refractivity contribution in [3.05, 3.63) is 65.6 Å². The molecule has 2 N–H and O–H groups in total. The monoisotopic (exact) mass is 408 g/mol. The summed E-state index contributed by atoms with van der Waals surface area (Å²) in [5.74, 6) is -1.87. The van der Waals surface area contributed by atoms with Crippen LogP contribution in [0, 0.1) is 5.82 Å². The Labute approximate surface area is 173 Å². The number of rotatable bonds is 5. The van der Waals surface area contributed by atoms with E-state index < -0.39 is 30.2 Å². The molecule has 2 aromatic rings. The van der Waals surface area contributed by atoms with Crippen molar-refractivity contribution in [2.75, 3.05) is 29.9 Å². The van der Waals surface area contributed by atoms with Crippen LogP contribution >= 0.6 is 0 Å². The second-order valence-corrected chi connectivity index (χ2v) is 7.19. The summed E-state index contributed by atoms with van der Waals surface area (Å²) in [4.78, 5) is 40.0. The van der Waals surface area contributed by atoms with Crippen molar-refractivity contribution >= 4 is 35.3 Å². The van der Waals surface area contributed by atoms with Crippen LogP contribution in [0.25, 0.3) is 6.08 Å². The van der Waals surface area contributed by atoms with Crippen molar-refractivity contribution in [2.24, 2.45) is 0 Å². The van der Waals surface area contributed by atoms with Gasteiger partial charge >= 0.3 is 6.03 Å². The van der Waals surface area contributed by atoms with Gasteiger partial charge in [-0.05, 0) is 48.7 Å². The highest BCUT2D eigenvalue weighted by Gasteiger charge is 2.35. The number of halogens is 1. The molecule has 0 bridgehead atoms. The predicted octanol–water partition coefficient (Wildman–Crippen LogP) is 2.96. The van der Waals surface area contributed by atoms with Gasteiger partial charge in [0.25, 0.3) is 5.91 Å². The van der Waals surface area contributed by atoms with Crippen molar-refractivity contribution in [3.63, 3.8) is 0 Å². The van der Waals surface area contributed by atoms with Crippen LogP contribution in [-0.4, -0.2) is 42.4 Å². The smallest absolute Gasteiger partial charge is 0.329 e. The summed E-state index contributed by atoms with van der Waals surface area (Å²) in [6.45, 7) is 1.57. The normalized spacial score (nSPS) is 17.6. The average molecular weight is 408 g/mol. The Kier molecular flexibility index (Phi) is 5.47. The Balaban J connectivity index is 1.41. The van der Waals surface area contributed by atoms with Crippen LogP contribution in [-0.2, 0) is 9.59 Å². The fraction of sp³-hybridized carbons (Fsp3) is 0.227. The van der Waals surface area contributed by atoms with E-state index in [1.807, 2.05) is 24.3 Å². The van der Waals surface area contributed by atoms with Gasteiger partial charge in [-0.2, -0.15) is 0 Å². The van der Waals surface area contributed by atoms with Gasteiger partial charge in [-0.1, -0.05) is 24.3 Å². The summed E-state index contributed by atoms with van der Waals surface area (Å²) in [6.07, 6.45) is 3.95. The summed E-state index contributed by atoms with van der Waals surface area (Å²) in [5.41, 5.74) is 1.97. The van der Waals surface area contributed by atoms with Gasteiger partial charge in [-0.15, -0.1) is 0 Å². The summed E-state index contributed by atoms with van der Waals surface area (Å²) in [7, 11) is 0. The third-order valence-electron chi connectivity index (χ3n) is 5.09. The molecule has 0 saturated carbocycles. The van der Waals surface area contributed by atoms with Gasteiger partial charge in [0.2, 0.25) is 5.91 Å². The van der Waals surface area contributed by atoms with Gasteiger partial charge in [-0.3, -0.25) is 9.59 Å². The number of carbonyl (C=O) groups excluding carboxylic acids is 3. The van der Waals surface area contributed by atoms with Gasteiger partial charge in [0.1, 0.15) is 18.1 Å². The Morgan fingerprint density at radius 2 is 1.77 bits per heavy atom. The molecule has 8 heteroatoms. The number of benzene rings is 2. The lowest BCUT2D eigenvalue weighted by Gasteiger charge is -2.17. The van der Waals surface area contributed by atoms with Gasteiger partial charge in [0, 0.05) is 18.8 Å². The maximum atomic E-state index is 13.7. The van der Waals surface area contributed by atoms with Crippen molar-refractivity contribution in [2.45, 2.75) is 12.8 Å². The lowest BCUT2D eigenvalue weighted by Crippen LogP contribution is -2.38. The van der Waals surface area contributed by atoms with Crippen molar-refractivity contribution in [1.82, 2.24) is 10.2 Å².